The Bertz CT molecular complexity index is 491. The summed E-state index contributed by atoms with van der Waals surface area (Å²) >= 11 is 0. The Labute approximate surface area is 137 Å². The molecule has 1 fully saturated rings. The van der Waals surface area contributed by atoms with Crippen LogP contribution in [0.15, 0.2) is 27.8 Å². The molecule has 0 unspecified atom stereocenters. The molecule has 2 N–H and O–H groups in total. The zero-order valence-electron chi connectivity index (χ0n) is 14.0. The number of carbonyl (C=O) groups excluding carboxylic acids is 1. The van der Waals surface area contributed by atoms with Gasteiger partial charge in [-0.3, -0.25) is 9.79 Å². The van der Waals surface area contributed by atoms with E-state index in [2.05, 4.69) is 15.6 Å². The lowest BCUT2D eigenvalue weighted by molar-refractivity contribution is -0.149. The van der Waals surface area contributed by atoms with Crippen LogP contribution in [0.4, 0.5) is 0 Å². The van der Waals surface area contributed by atoms with Gasteiger partial charge in [0.1, 0.15) is 5.76 Å². The minimum Gasteiger partial charge on any atom is -0.469 e. The Morgan fingerprint density at radius 3 is 2.78 bits per heavy atom. The molecule has 1 aliphatic rings. The third-order valence-corrected chi connectivity index (χ3v) is 4.16. The molecule has 0 radical (unpaired) electrons. The van der Waals surface area contributed by atoms with Gasteiger partial charge < -0.3 is 19.8 Å². The lowest BCUT2D eigenvalue weighted by Crippen LogP contribution is -2.45. The number of guanidine groups is 1. The number of carbonyl (C=O) groups is 1. The summed E-state index contributed by atoms with van der Waals surface area (Å²) in [5.74, 6) is 1.77. The topological polar surface area (TPSA) is 75.9 Å². The Kier molecular flexibility index (Phi) is 6.97. The average molecular weight is 321 g/mol. The molecule has 1 aromatic heterocycles. The molecule has 0 saturated heterocycles. The number of ether oxygens (including phenoxy) is 1. The normalized spacial score (nSPS) is 21.7. The molecule has 1 aromatic rings. The van der Waals surface area contributed by atoms with Gasteiger partial charge in [-0.2, -0.15) is 0 Å². The summed E-state index contributed by atoms with van der Waals surface area (Å²) in [6.45, 7) is 3.08. The summed E-state index contributed by atoms with van der Waals surface area (Å²) in [5.41, 5.74) is 0. The first-order valence-corrected chi connectivity index (χ1v) is 8.39. The Morgan fingerprint density at radius 2 is 2.17 bits per heavy atom. The van der Waals surface area contributed by atoms with Crippen LogP contribution in [0.2, 0.25) is 0 Å². The van der Waals surface area contributed by atoms with Crippen molar-refractivity contribution in [1.29, 1.82) is 0 Å². The highest BCUT2D eigenvalue weighted by Crippen LogP contribution is 2.25. The van der Waals surface area contributed by atoms with E-state index in [-0.39, 0.29) is 11.9 Å². The van der Waals surface area contributed by atoms with E-state index in [0.29, 0.717) is 12.6 Å². The molecule has 1 aliphatic carbocycles. The van der Waals surface area contributed by atoms with Crippen LogP contribution in [0.25, 0.3) is 0 Å². The summed E-state index contributed by atoms with van der Waals surface area (Å²) in [6.07, 6.45) is 6.18. The first-order valence-electron chi connectivity index (χ1n) is 8.39. The molecule has 1 saturated carbocycles. The number of esters is 1. The average Bonchev–Trinajstić information content (AvgIpc) is 3.08. The van der Waals surface area contributed by atoms with E-state index in [4.69, 9.17) is 9.15 Å². The monoisotopic (exact) mass is 321 g/mol. The molecule has 23 heavy (non-hydrogen) atoms. The lowest BCUT2D eigenvalue weighted by atomic mass is 9.86. The smallest absolute Gasteiger partial charge is 0.308 e. The van der Waals surface area contributed by atoms with Crippen LogP contribution in [0.5, 0.6) is 0 Å². The predicted molar refractivity (Wildman–Crippen MR) is 89.3 cm³/mol. The molecule has 128 valence electrons. The fraction of sp³-hybridized carbons (Fsp3) is 0.647. The minimum absolute atomic E-state index is 0.0492. The Hall–Kier alpha value is -1.98. The van der Waals surface area contributed by atoms with Gasteiger partial charge >= 0.3 is 5.97 Å². The van der Waals surface area contributed by atoms with Crippen molar-refractivity contribution >= 4 is 11.9 Å². The largest absolute Gasteiger partial charge is 0.469 e. The summed E-state index contributed by atoms with van der Waals surface area (Å²) in [4.78, 5) is 16.0. The van der Waals surface area contributed by atoms with Crippen LogP contribution in [-0.2, 0) is 16.0 Å². The third kappa shape index (κ3) is 5.62. The molecular weight excluding hydrogens is 294 g/mol. The van der Waals surface area contributed by atoms with E-state index in [1.165, 1.54) is 0 Å². The summed E-state index contributed by atoms with van der Waals surface area (Å²) in [6, 6.07) is 4.22. The predicted octanol–water partition coefficient (Wildman–Crippen LogP) is 2.11. The Morgan fingerprint density at radius 1 is 1.39 bits per heavy atom. The second-order valence-corrected chi connectivity index (χ2v) is 5.77. The van der Waals surface area contributed by atoms with Crippen molar-refractivity contribution in [3.63, 3.8) is 0 Å². The van der Waals surface area contributed by atoms with Crippen molar-refractivity contribution in [1.82, 2.24) is 10.6 Å². The maximum atomic E-state index is 11.7. The standard InChI is InChI=1S/C17H27N3O3/c1-3-22-16(21)13-6-8-14(9-7-13)20-17(18-2)19-11-10-15-5-4-12-23-15/h4-5,12-14H,3,6-11H2,1-2H3,(H2,18,19,20). The quantitative estimate of drug-likeness (QED) is 0.477. The second-order valence-electron chi connectivity index (χ2n) is 5.77. The summed E-state index contributed by atoms with van der Waals surface area (Å²) < 4.78 is 10.4. The van der Waals surface area contributed by atoms with E-state index in [1.54, 1.807) is 13.3 Å². The molecule has 6 nitrogen and oxygen atoms in total. The molecule has 6 heteroatoms. The van der Waals surface area contributed by atoms with E-state index in [1.807, 2.05) is 19.1 Å². The van der Waals surface area contributed by atoms with Crippen LogP contribution in [0, 0.1) is 5.92 Å². The molecule has 0 aromatic carbocycles. The van der Waals surface area contributed by atoms with Crippen molar-refractivity contribution in [2.45, 2.75) is 45.1 Å². The van der Waals surface area contributed by atoms with Gasteiger partial charge in [0.2, 0.25) is 0 Å². The number of aliphatic imine (C=N–C) groups is 1. The molecule has 0 atom stereocenters. The van der Waals surface area contributed by atoms with E-state index in [0.717, 1.165) is 50.4 Å². The molecular formula is C17H27N3O3. The van der Waals surface area contributed by atoms with Crippen molar-refractivity contribution in [2.75, 3.05) is 20.2 Å². The van der Waals surface area contributed by atoms with E-state index in [9.17, 15) is 4.79 Å². The summed E-state index contributed by atoms with van der Waals surface area (Å²) in [5, 5.41) is 6.73. The molecule has 0 aliphatic heterocycles. The highest BCUT2D eigenvalue weighted by atomic mass is 16.5. The van der Waals surface area contributed by atoms with Crippen LogP contribution in [0.1, 0.15) is 38.4 Å². The van der Waals surface area contributed by atoms with Gasteiger partial charge in [-0.1, -0.05) is 0 Å². The molecule has 0 bridgehead atoms. The molecule has 2 rings (SSSR count). The van der Waals surface area contributed by atoms with Gasteiger partial charge in [-0.15, -0.1) is 0 Å². The minimum atomic E-state index is -0.0492. The number of hydrogen-bond acceptors (Lipinski definition) is 4. The fourth-order valence-corrected chi connectivity index (χ4v) is 2.88. The lowest BCUT2D eigenvalue weighted by Gasteiger charge is -2.29. The van der Waals surface area contributed by atoms with Gasteiger partial charge in [0.15, 0.2) is 5.96 Å². The number of rotatable bonds is 6. The maximum absolute atomic E-state index is 11.7. The first-order chi connectivity index (χ1) is 11.2. The Balaban J connectivity index is 1.68. The number of nitrogens with one attached hydrogen (secondary N) is 2. The van der Waals surface area contributed by atoms with Gasteiger partial charge in [-0.05, 0) is 44.7 Å². The van der Waals surface area contributed by atoms with Crippen molar-refractivity contribution in [2.24, 2.45) is 10.9 Å². The van der Waals surface area contributed by atoms with Crippen molar-refractivity contribution < 1.29 is 13.9 Å². The SMILES string of the molecule is CCOC(=O)C1CCC(NC(=NC)NCCc2ccco2)CC1. The highest BCUT2D eigenvalue weighted by Gasteiger charge is 2.27. The number of furan rings is 1. The van der Waals surface area contributed by atoms with Crippen LogP contribution in [-0.4, -0.2) is 38.2 Å². The van der Waals surface area contributed by atoms with E-state index >= 15 is 0 Å². The number of nitrogens with zero attached hydrogens (tertiary/aromatic N) is 1. The van der Waals surface area contributed by atoms with E-state index < -0.39 is 0 Å². The van der Waals surface area contributed by atoms with Gasteiger partial charge in [0.05, 0.1) is 18.8 Å². The van der Waals surface area contributed by atoms with Crippen LogP contribution >= 0.6 is 0 Å². The molecule has 1 heterocycles. The second kappa shape index (κ2) is 9.22. The fourth-order valence-electron chi connectivity index (χ4n) is 2.88. The van der Waals surface area contributed by atoms with Gasteiger partial charge in [0.25, 0.3) is 0 Å². The maximum Gasteiger partial charge on any atom is 0.308 e. The highest BCUT2D eigenvalue weighted by molar-refractivity contribution is 5.80. The van der Waals surface area contributed by atoms with Crippen molar-refractivity contribution in [3.8, 4) is 0 Å². The zero-order valence-corrected chi connectivity index (χ0v) is 14.0. The first kappa shape index (κ1) is 17.4. The van der Waals surface area contributed by atoms with Crippen LogP contribution < -0.4 is 10.6 Å². The molecule has 0 amide bonds. The zero-order chi connectivity index (χ0) is 16.5. The molecule has 0 spiro atoms. The van der Waals surface area contributed by atoms with Gasteiger partial charge in [-0.25, -0.2) is 0 Å². The third-order valence-electron chi connectivity index (χ3n) is 4.16. The van der Waals surface area contributed by atoms with Crippen molar-refractivity contribution in [3.05, 3.63) is 24.2 Å². The number of hydrogen-bond donors (Lipinski definition) is 2. The summed E-state index contributed by atoms with van der Waals surface area (Å²) in [7, 11) is 1.77. The van der Waals surface area contributed by atoms with Crippen LogP contribution in [0.3, 0.4) is 0 Å². The van der Waals surface area contributed by atoms with Gasteiger partial charge in [0, 0.05) is 26.1 Å².